The van der Waals surface area contributed by atoms with E-state index in [-0.39, 0.29) is 6.10 Å². The minimum atomic E-state index is -0.446. The predicted molar refractivity (Wildman–Crippen MR) is 89.6 cm³/mol. The van der Waals surface area contributed by atoms with Crippen molar-refractivity contribution in [3.05, 3.63) is 22.6 Å². The molecule has 0 amide bonds. The van der Waals surface area contributed by atoms with Crippen LogP contribution in [0.25, 0.3) is 11.0 Å². The molecule has 7 heteroatoms. The molecule has 1 aromatic heterocycles. The third-order valence-corrected chi connectivity index (χ3v) is 4.32. The van der Waals surface area contributed by atoms with Crippen molar-refractivity contribution >= 4 is 16.7 Å². The van der Waals surface area contributed by atoms with E-state index >= 15 is 0 Å². The highest BCUT2D eigenvalue weighted by molar-refractivity contribution is 5.99. The number of fused-ring (bicyclic) bond motifs is 1. The smallest absolute Gasteiger partial charge is 0.338 e. The Hall–Kier alpha value is -2.41. The zero-order valence-corrected chi connectivity index (χ0v) is 14.0. The number of benzene rings is 1. The minimum absolute atomic E-state index is 0.302. The first-order valence-electron chi connectivity index (χ1n) is 7.78. The molecular weight excluding hydrogens is 314 g/mol. The van der Waals surface area contributed by atoms with Gasteiger partial charge in [0, 0.05) is 25.2 Å². The number of nitrogens with zero attached hydrogens (tertiary/aromatic N) is 1. The van der Waals surface area contributed by atoms with Crippen molar-refractivity contribution in [2.24, 2.45) is 0 Å². The van der Waals surface area contributed by atoms with Crippen LogP contribution in [0.3, 0.4) is 0 Å². The van der Waals surface area contributed by atoms with Crippen LogP contribution in [0.2, 0.25) is 0 Å². The summed E-state index contributed by atoms with van der Waals surface area (Å²) in [7, 11) is 4.57. The Kier molecular flexibility index (Phi) is 4.53. The highest BCUT2D eigenvalue weighted by Crippen LogP contribution is 2.46. The maximum atomic E-state index is 12.0. The van der Waals surface area contributed by atoms with Crippen LogP contribution in [0, 0.1) is 0 Å². The molecule has 0 unspecified atom stereocenters. The third kappa shape index (κ3) is 2.75. The van der Waals surface area contributed by atoms with Gasteiger partial charge in [-0.15, -0.1) is 0 Å². The number of aliphatic hydroxyl groups excluding tert-OH is 1. The van der Waals surface area contributed by atoms with Gasteiger partial charge in [0.1, 0.15) is 5.58 Å². The average Bonchev–Trinajstić information content (AvgIpc) is 2.59. The van der Waals surface area contributed by atoms with Gasteiger partial charge >= 0.3 is 5.63 Å². The fourth-order valence-electron chi connectivity index (χ4n) is 3.13. The normalized spacial score (nSPS) is 15.6. The molecule has 1 saturated heterocycles. The third-order valence-electron chi connectivity index (χ3n) is 4.32. The molecule has 0 saturated carbocycles. The van der Waals surface area contributed by atoms with Crippen molar-refractivity contribution in [3.63, 3.8) is 0 Å². The summed E-state index contributed by atoms with van der Waals surface area (Å²) in [5.74, 6) is 1.33. The Morgan fingerprint density at radius 2 is 1.75 bits per heavy atom. The molecule has 0 radical (unpaired) electrons. The van der Waals surface area contributed by atoms with Crippen LogP contribution in [-0.4, -0.2) is 45.6 Å². The number of hydrogen-bond acceptors (Lipinski definition) is 7. The maximum absolute atomic E-state index is 12.0. The van der Waals surface area contributed by atoms with Gasteiger partial charge in [-0.05, 0) is 12.8 Å². The molecule has 2 aromatic rings. The largest absolute Gasteiger partial charge is 0.493 e. The summed E-state index contributed by atoms with van der Waals surface area (Å²) < 4.78 is 21.6. The van der Waals surface area contributed by atoms with Crippen LogP contribution in [0.1, 0.15) is 12.8 Å². The van der Waals surface area contributed by atoms with Crippen LogP contribution < -0.4 is 24.7 Å². The Bertz CT molecular complexity index is 792. The lowest BCUT2D eigenvalue weighted by molar-refractivity contribution is 0.145. The molecule has 3 rings (SSSR count). The Morgan fingerprint density at radius 1 is 1.08 bits per heavy atom. The van der Waals surface area contributed by atoms with Gasteiger partial charge in [0.25, 0.3) is 0 Å². The van der Waals surface area contributed by atoms with E-state index in [1.54, 1.807) is 6.07 Å². The SMILES string of the molecule is COc1cc2oc(=O)cc(N3CCC(O)CC3)c2c(OC)c1OC. The van der Waals surface area contributed by atoms with E-state index in [0.29, 0.717) is 59.8 Å². The first-order valence-corrected chi connectivity index (χ1v) is 7.78. The molecule has 1 aromatic carbocycles. The van der Waals surface area contributed by atoms with Crippen LogP contribution in [0.15, 0.2) is 21.3 Å². The van der Waals surface area contributed by atoms with Crippen LogP contribution in [-0.2, 0) is 0 Å². The zero-order valence-electron chi connectivity index (χ0n) is 14.0. The summed E-state index contributed by atoms with van der Waals surface area (Å²) in [6, 6.07) is 3.08. The number of ether oxygens (including phenoxy) is 3. The monoisotopic (exact) mass is 335 g/mol. The van der Waals surface area contributed by atoms with Gasteiger partial charge < -0.3 is 28.6 Å². The number of aliphatic hydroxyl groups is 1. The van der Waals surface area contributed by atoms with Crippen molar-refractivity contribution in [2.75, 3.05) is 39.3 Å². The fourth-order valence-corrected chi connectivity index (χ4v) is 3.13. The van der Waals surface area contributed by atoms with Gasteiger partial charge in [-0.25, -0.2) is 4.79 Å². The summed E-state index contributed by atoms with van der Waals surface area (Å²) in [5.41, 5.74) is 0.641. The van der Waals surface area contributed by atoms with Gasteiger partial charge in [0.15, 0.2) is 11.5 Å². The molecule has 130 valence electrons. The summed E-state index contributed by atoms with van der Waals surface area (Å²) in [6.45, 7) is 1.30. The summed E-state index contributed by atoms with van der Waals surface area (Å²) in [4.78, 5) is 14.1. The molecule has 1 fully saturated rings. The van der Waals surface area contributed by atoms with Crippen molar-refractivity contribution in [1.29, 1.82) is 0 Å². The van der Waals surface area contributed by atoms with E-state index in [1.165, 1.54) is 27.4 Å². The van der Waals surface area contributed by atoms with Gasteiger partial charge in [0.2, 0.25) is 5.75 Å². The number of rotatable bonds is 4. The topological polar surface area (TPSA) is 81.4 Å². The molecular formula is C17H21NO6. The van der Waals surface area contributed by atoms with Crippen molar-refractivity contribution in [3.8, 4) is 17.2 Å². The second-order valence-electron chi connectivity index (χ2n) is 5.69. The second kappa shape index (κ2) is 6.60. The fraction of sp³-hybridized carbons (Fsp3) is 0.471. The highest BCUT2D eigenvalue weighted by atomic mass is 16.5. The summed E-state index contributed by atoms with van der Waals surface area (Å²) >= 11 is 0. The molecule has 0 spiro atoms. The standard InChI is InChI=1S/C17H21NO6/c1-21-13-9-12-15(17(23-3)16(13)22-2)11(8-14(20)24-12)18-6-4-10(19)5-7-18/h8-10,19H,4-7H2,1-3H3. The highest BCUT2D eigenvalue weighted by Gasteiger charge is 2.25. The van der Waals surface area contributed by atoms with E-state index < -0.39 is 5.63 Å². The molecule has 2 heterocycles. The molecule has 1 aliphatic heterocycles. The number of methoxy groups -OCH3 is 3. The lowest BCUT2D eigenvalue weighted by Gasteiger charge is -2.32. The van der Waals surface area contributed by atoms with Crippen LogP contribution in [0.5, 0.6) is 17.2 Å². The zero-order chi connectivity index (χ0) is 17.3. The Labute approximate surface area is 139 Å². The second-order valence-corrected chi connectivity index (χ2v) is 5.69. The van der Waals surface area contributed by atoms with Crippen molar-refractivity contribution in [2.45, 2.75) is 18.9 Å². The first-order chi connectivity index (χ1) is 11.6. The number of hydrogen-bond donors (Lipinski definition) is 1. The van der Waals surface area contributed by atoms with Gasteiger partial charge in [-0.3, -0.25) is 0 Å². The van der Waals surface area contributed by atoms with Crippen molar-refractivity contribution < 1.29 is 23.7 Å². The van der Waals surface area contributed by atoms with E-state index in [9.17, 15) is 9.90 Å². The summed E-state index contributed by atoms with van der Waals surface area (Å²) in [6.07, 6.45) is 0.999. The van der Waals surface area contributed by atoms with Crippen molar-refractivity contribution in [1.82, 2.24) is 0 Å². The van der Waals surface area contributed by atoms with Crippen LogP contribution in [0.4, 0.5) is 5.69 Å². The van der Waals surface area contributed by atoms with E-state index in [0.717, 1.165) is 0 Å². The van der Waals surface area contributed by atoms with Gasteiger partial charge in [0.05, 0.1) is 38.5 Å². The molecule has 24 heavy (non-hydrogen) atoms. The quantitative estimate of drug-likeness (QED) is 0.853. The lowest BCUT2D eigenvalue weighted by Crippen LogP contribution is -2.36. The molecule has 1 N–H and O–H groups in total. The van der Waals surface area contributed by atoms with Gasteiger partial charge in [-0.2, -0.15) is 0 Å². The molecule has 0 aliphatic carbocycles. The van der Waals surface area contributed by atoms with Crippen LogP contribution >= 0.6 is 0 Å². The first kappa shape index (κ1) is 16.4. The molecule has 7 nitrogen and oxygen atoms in total. The molecule has 0 atom stereocenters. The van der Waals surface area contributed by atoms with E-state index in [4.69, 9.17) is 18.6 Å². The maximum Gasteiger partial charge on any atom is 0.338 e. The number of anilines is 1. The molecule has 1 aliphatic rings. The van der Waals surface area contributed by atoms with E-state index in [2.05, 4.69) is 4.90 Å². The number of piperidine rings is 1. The minimum Gasteiger partial charge on any atom is -0.493 e. The molecule has 0 bridgehead atoms. The van der Waals surface area contributed by atoms with E-state index in [1.807, 2.05) is 0 Å². The predicted octanol–water partition coefficient (Wildman–Crippen LogP) is 1.78. The summed E-state index contributed by atoms with van der Waals surface area (Å²) in [5, 5.41) is 10.4. The Morgan fingerprint density at radius 3 is 2.33 bits per heavy atom. The lowest BCUT2D eigenvalue weighted by atomic mass is 10.1. The average molecular weight is 335 g/mol. The van der Waals surface area contributed by atoms with Gasteiger partial charge in [-0.1, -0.05) is 0 Å². The Balaban J connectivity index is 2.27.